The highest BCUT2D eigenvalue weighted by atomic mass is 35.5. The number of rotatable bonds is 4. The molecule has 0 spiro atoms. The van der Waals surface area contributed by atoms with E-state index in [1.54, 1.807) is 23.0 Å². The van der Waals surface area contributed by atoms with Crippen LogP contribution in [-0.2, 0) is 6.42 Å². The van der Waals surface area contributed by atoms with Crippen molar-refractivity contribution in [3.05, 3.63) is 40.9 Å². The normalized spacial score (nSPS) is 11.3. The van der Waals surface area contributed by atoms with Crippen molar-refractivity contribution in [3.63, 3.8) is 0 Å². The monoisotopic (exact) mass is 344 g/mol. The van der Waals surface area contributed by atoms with E-state index < -0.39 is 5.91 Å². The third-order valence-electron chi connectivity index (χ3n) is 3.73. The van der Waals surface area contributed by atoms with Crippen LogP contribution in [0.5, 0.6) is 0 Å². The molecular weight excluding hydrogens is 328 g/mol. The summed E-state index contributed by atoms with van der Waals surface area (Å²) in [5.41, 5.74) is 14.0. The van der Waals surface area contributed by atoms with E-state index in [0.29, 0.717) is 29.2 Å². The molecule has 0 aliphatic heterocycles. The molecular formula is C16H17ClN6O. The number of halogens is 1. The maximum Gasteiger partial charge on any atom is 0.249 e. The van der Waals surface area contributed by atoms with Crippen molar-refractivity contribution in [1.82, 2.24) is 19.5 Å². The van der Waals surface area contributed by atoms with Crippen LogP contribution in [0.3, 0.4) is 0 Å². The van der Waals surface area contributed by atoms with Crippen LogP contribution in [0.25, 0.3) is 16.9 Å². The van der Waals surface area contributed by atoms with Crippen LogP contribution in [0.15, 0.2) is 24.8 Å². The first-order valence-electron chi connectivity index (χ1n) is 7.45. The molecule has 3 rings (SSSR count). The van der Waals surface area contributed by atoms with Gasteiger partial charge in [-0.25, -0.2) is 15.0 Å². The molecule has 0 saturated carbocycles. The summed E-state index contributed by atoms with van der Waals surface area (Å²) in [6.07, 6.45) is 3.63. The van der Waals surface area contributed by atoms with Crippen LogP contribution >= 0.6 is 11.6 Å². The van der Waals surface area contributed by atoms with Crippen LogP contribution in [0, 0.1) is 5.92 Å². The number of imidazole rings is 1. The van der Waals surface area contributed by atoms with Crippen LogP contribution in [0.1, 0.15) is 29.8 Å². The summed E-state index contributed by atoms with van der Waals surface area (Å²) in [5.74, 6) is 0.511. The Morgan fingerprint density at radius 3 is 2.71 bits per heavy atom. The van der Waals surface area contributed by atoms with Crippen molar-refractivity contribution in [2.75, 3.05) is 5.73 Å². The van der Waals surface area contributed by atoms with Crippen LogP contribution in [0.4, 0.5) is 5.82 Å². The average molecular weight is 345 g/mol. The van der Waals surface area contributed by atoms with Crippen LogP contribution in [-0.4, -0.2) is 25.4 Å². The van der Waals surface area contributed by atoms with Gasteiger partial charge in [-0.1, -0.05) is 25.4 Å². The highest BCUT2D eigenvalue weighted by molar-refractivity contribution is 6.34. The third-order valence-corrected chi connectivity index (χ3v) is 4.09. The van der Waals surface area contributed by atoms with Crippen molar-refractivity contribution < 1.29 is 4.79 Å². The lowest BCUT2D eigenvalue weighted by Crippen LogP contribution is -2.15. The lowest BCUT2D eigenvalue weighted by molar-refractivity contribution is 0.0999. The molecule has 8 heteroatoms. The topological polar surface area (TPSA) is 113 Å². The molecule has 3 aromatic rings. The van der Waals surface area contributed by atoms with Gasteiger partial charge in [0.05, 0.1) is 11.0 Å². The molecule has 0 aliphatic rings. The summed E-state index contributed by atoms with van der Waals surface area (Å²) in [6, 6.07) is 3.49. The minimum absolute atomic E-state index is 0.194. The second-order valence-corrected chi connectivity index (χ2v) is 6.31. The molecule has 0 atom stereocenters. The minimum Gasteiger partial charge on any atom is -0.382 e. The molecule has 2 aromatic heterocycles. The Morgan fingerprint density at radius 2 is 2.04 bits per heavy atom. The lowest BCUT2D eigenvalue weighted by atomic mass is 9.96. The molecule has 24 heavy (non-hydrogen) atoms. The van der Waals surface area contributed by atoms with E-state index in [1.165, 1.54) is 6.33 Å². The number of fused-ring (bicyclic) bond motifs is 1. The van der Waals surface area contributed by atoms with Crippen molar-refractivity contribution in [3.8, 4) is 5.82 Å². The second kappa shape index (κ2) is 6.09. The quantitative estimate of drug-likeness (QED) is 0.754. The Labute approximate surface area is 143 Å². The van der Waals surface area contributed by atoms with E-state index in [9.17, 15) is 4.79 Å². The number of primary amides is 1. The summed E-state index contributed by atoms with van der Waals surface area (Å²) in [5, 5.41) is 0.251. The van der Waals surface area contributed by atoms with Crippen molar-refractivity contribution in [2.45, 2.75) is 20.3 Å². The predicted octanol–water partition coefficient (Wildman–Crippen LogP) is 2.35. The molecule has 2 heterocycles. The SMILES string of the molecule is CC(C)Cc1c(C(N)=O)ccc2c1ncn2-c1ncnc(N)c1Cl. The molecule has 1 amide bonds. The van der Waals surface area contributed by atoms with Gasteiger partial charge in [0.25, 0.3) is 0 Å². The fourth-order valence-corrected chi connectivity index (χ4v) is 2.88. The maximum absolute atomic E-state index is 11.8. The van der Waals surface area contributed by atoms with E-state index in [2.05, 4.69) is 28.8 Å². The molecule has 0 bridgehead atoms. The Kier molecular flexibility index (Phi) is 4.11. The Balaban J connectivity index is 2.27. The standard InChI is InChI=1S/C16H17ClN6O/c1-8(2)5-10-9(15(19)24)3-4-11-13(10)22-7-23(11)16-12(17)14(18)20-6-21-16/h3-4,6-8H,5H2,1-2H3,(H2,19,24)(H2,18,20,21). The number of hydrogen-bond donors (Lipinski definition) is 2. The van der Waals surface area contributed by atoms with Gasteiger partial charge in [-0.15, -0.1) is 0 Å². The van der Waals surface area contributed by atoms with Gasteiger partial charge in [0.15, 0.2) is 5.82 Å². The number of aromatic nitrogens is 4. The number of nitrogens with zero attached hydrogens (tertiary/aromatic N) is 4. The number of carbonyl (C=O) groups excluding carboxylic acids is 1. The Morgan fingerprint density at radius 1 is 1.29 bits per heavy atom. The molecule has 0 aliphatic carbocycles. The van der Waals surface area contributed by atoms with Crippen LogP contribution in [0.2, 0.25) is 5.02 Å². The van der Waals surface area contributed by atoms with Crippen molar-refractivity contribution in [2.24, 2.45) is 11.7 Å². The smallest absolute Gasteiger partial charge is 0.249 e. The number of nitrogens with two attached hydrogens (primary N) is 2. The van der Waals surface area contributed by atoms with Crippen molar-refractivity contribution >= 4 is 34.4 Å². The number of anilines is 1. The summed E-state index contributed by atoms with van der Waals surface area (Å²) < 4.78 is 1.73. The van der Waals surface area contributed by atoms with E-state index in [1.807, 2.05) is 0 Å². The summed E-state index contributed by atoms with van der Waals surface area (Å²) >= 11 is 6.22. The van der Waals surface area contributed by atoms with Gasteiger partial charge in [0.2, 0.25) is 5.91 Å². The molecule has 1 aromatic carbocycles. The maximum atomic E-state index is 11.8. The number of nitrogen functional groups attached to an aromatic ring is 1. The molecule has 4 N–H and O–H groups in total. The molecule has 0 unspecified atom stereocenters. The highest BCUT2D eigenvalue weighted by Crippen LogP contribution is 2.29. The Bertz CT molecular complexity index is 934. The van der Waals surface area contributed by atoms with Gasteiger partial charge in [0.1, 0.15) is 23.5 Å². The first kappa shape index (κ1) is 16.2. The fourth-order valence-electron chi connectivity index (χ4n) is 2.70. The summed E-state index contributed by atoms with van der Waals surface area (Å²) in [7, 11) is 0. The van der Waals surface area contributed by atoms with Gasteiger partial charge in [0, 0.05) is 5.56 Å². The van der Waals surface area contributed by atoms with Crippen molar-refractivity contribution in [1.29, 1.82) is 0 Å². The van der Waals surface area contributed by atoms with Gasteiger partial charge in [-0.05, 0) is 30.0 Å². The van der Waals surface area contributed by atoms with Gasteiger partial charge < -0.3 is 11.5 Å². The zero-order chi connectivity index (χ0) is 17.4. The number of hydrogen-bond acceptors (Lipinski definition) is 5. The molecule has 0 saturated heterocycles. The van der Waals surface area contributed by atoms with Gasteiger partial charge >= 0.3 is 0 Å². The largest absolute Gasteiger partial charge is 0.382 e. The second-order valence-electron chi connectivity index (χ2n) is 5.93. The minimum atomic E-state index is -0.466. The van der Waals surface area contributed by atoms with E-state index >= 15 is 0 Å². The number of carbonyl (C=O) groups is 1. The summed E-state index contributed by atoms with van der Waals surface area (Å²) in [6.45, 7) is 4.14. The lowest BCUT2D eigenvalue weighted by Gasteiger charge is -2.11. The van der Waals surface area contributed by atoms with E-state index in [-0.39, 0.29) is 10.8 Å². The first-order valence-corrected chi connectivity index (χ1v) is 7.83. The van der Waals surface area contributed by atoms with Crippen LogP contribution < -0.4 is 11.5 Å². The van der Waals surface area contributed by atoms with E-state index in [4.69, 9.17) is 23.1 Å². The molecule has 0 fully saturated rings. The Hall–Kier alpha value is -2.67. The molecule has 7 nitrogen and oxygen atoms in total. The first-order chi connectivity index (χ1) is 11.4. The van der Waals surface area contributed by atoms with Gasteiger partial charge in [-0.2, -0.15) is 0 Å². The zero-order valence-electron chi connectivity index (χ0n) is 13.3. The average Bonchev–Trinajstić information content (AvgIpc) is 2.94. The zero-order valence-corrected chi connectivity index (χ0v) is 14.1. The number of amides is 1. The molecule has 0 radical (unpaired) electrons. The highest BCUT2D eigenvalue weighted by Gasteiger charge is 2.19. The molecule has 124 valence electrons. The fraction of sp³-hybridized carbons (Fsp3) is 0.250. The predicted molar refractivity (Wildman–Crippen MR) is 93.1 cm³/mol. The van der Waals surface area contributed by atoms with Gasteiger partial charge in [-0.3, -0.25) is 9.36 Å². The number of benzene rings is 1. The summed E-state index contributed by atoms with van der Waals surface area (Å²) in [4.78, 5) is 24.3. The third kappa shape index (κ3) is 2.67. The van der Waals surface area contributed by atoms with E-state index in [0.717, 1.165) is 11.1 Å².